The summed E-state index contributed by atoms with van der Waals surface area (Å²) in [6, 6.07) is 23.1. The summed E-state index contributed by atoms with van der Waals surface area (Å²) >= 11 is 5.37. The van der Waals surface area contributed by atoms with Crippen molar-refractivity contribution in [2.24, 2.45) is 0 Å². The van der Waals surface area contributed by atoms with E-state index in [0.29, 0.717) is 23.2 Å². The zero-order valence-corrected chi connectivity index (χ0v) is 16.6. The third-order valence-corrected chi connectivity index (χ3v) is 4.24. The topological polar surface area (TPSA) is 51.8 Å². The number of rotatable bonds is 7. The maximum Gasteiger partial charge on any atom is 0.171 e. The molecule has 0 unspecified atom stereocenters. The Morgan fingerprint density at radius 2 is 1.50 bits per heavy atom. The maximum atomic E-state index is 5.79. The largest absolute Gasteiger partial charge is 0.493 e. The van der Waals surface area contributed by atoms with E-state index < -0.39 is 0 Å². The van der Waals surface area contributed by atoms with E-state index in [-0.39, 0.29) is 0 Å². The number of para-hydroxylation sites is 1. The van der Waals surface area contributed by atoms with Crippen LogP contribution in [0.15, 0.2) is 72.8 Å². The molecule has 0 fully saturated rings. The van der Waals surface area contributed by atoms with Gasteiger partial charge in [-0.05, 0) is 66.3 Å². The molecule has 0 aliphatic rings. The lowest BCUT2D eigenvalue weighted by atomic mass is 10.2. The Kier molecular flexibility index (Phi) is 6.70. The fraction of sp³-hybridized carbons (Fsp3) is 0.136. The third-order valence-electron chi connectivity index (χ3n) is 3.99. The van der Waals surface area contributed by atoms with Crippen LogP contribution in [0.2, 0.25) is 0 Å². The molecule has 0 heterocycles. The molecule has 5 nitrogen and oxygen atoms in total. The molecule has 0 spiro atoms. The minimum atomic E-state index is 0.534. The van der Waals surface area contributed by atoms with Gasteiger partial charge in [-0.3, -0.25) is 0 Å². The standard InChI is InChI=1S/C22H22N2O3S/c1-25-20-13-8-16(14-21(20)26-2)15-23-22(28)24-17-9-11-19(12-10-17)27-18-6-4-3-5-7-18/h3-14H,15H2,1-2H3,(H2,23,24,28). The summed E-state index contributed by atoms with van der Waals surface area (Å²) in [5, 5.41) is 6.88. The van der Waals surface area contributed by atoms with Crippen LogP contribution in [0.1, 0.15) is 5.56 Å². The van der Waals surface area contributed by atoms with Crippen LogP contribution >= 0.6 is 12.2 Å². The lowest BCUT2D eigenvalue weighted by Gasteiger charge is -2.13. The number of anilines is 1. The minimum Gasteiger partial charge on any atom is -0.493 e. The first-order chi connectivity index (χ1) is 13.7. The summed E-state index contributed by atoms with van der Waals surface area (Å²) < 4.78 is 16.4. The predicted octanol–water partition coefficient (Wildman–Crippen LogP) is 4.98. The van der Waals surface area contributed by atoms with E-state index in [0.717, 1.165) is 22.7 Å². The second kappa shape index (κ2) is 9.62. The van der Waals surface area contributed by atoms with Gasteiger partial charge in [-0.2, -0.15) is 0 Å². The summed E-state index contributed by atoms with van der Waals surface area (Å²) in [5.74, 6) is 2.95. The molecule has 6 heteroatoms. The highest BCUT2D eigenvalue weighted by Crippen LogP contribution is 2.27. The van der Waals surface area contributed by atoms with Crippen molar-refractivity contribution in [1.29, 1.82) is 0 Å². The molecular weight excluding hydrogens is 372 g/mol. The molecule has 3 aromatic carbocycles. The molecule has 2 N–H and O–H groups in total. The van der Waals surface area contributed by atoms with Gasteiger partial charge in [0.15, 0.2) is 16.6 Å². The number of nitrogens with one attached hydrogen (secondary N) is 2. The third kappa shape index (κ3) is 5.37. The van der Waals surface area contributed by atoms with Crippen molar-refractivity contribution in [3.05, 3.63) is 78.4 Å². The number of hydrogen-bond donors (Lipinski definition) is 2. The summed E-state index contributed by atoms with van der Waals surface area (Å²) in [7, 11) is 3.23. The smallest absolute Gasteiger partial charge is 0.171 e. The van der Waals surface area contributed by atoms with Crippen LogP contribution in [0.5, 0.6) is 23.0 Å². The van der Waals surface area contributed by atoms with E-state index in [1.165, 1.54) is 0 Å². The van der Waals surface area contributed by atoms with Crippen LogP contribution in [0.25, 0.3) is 0 Å². The molecular formula is C22H22N2O3S. The van der Waals surface area contributed by atoms with Crippen LogP contribution < -0.4 is 24.8 Å². The highest BCUT2D eigenvalue weighted by atomic mass is 32.1. The first kappa shape index (κ1) is 19.5. The van der Waals surface area contributed by atoms with E-state index in [9.17, 15) is 0 Å². The highest BCUT2D eigenvalue weighted by Gasteiger charge is 2.05. The first-order valence-corrected chi connectivity index (χ1v) is 9.17. The van der Waals surface area contributed by atoms with Gasteiger partial charge < -0.3 is 24.8 Å². The van der Waals surface area contributed by atoms with Gasteiger partial charge in [0.1, 0.15) is 11.5 Å². The van der Waals surface area contributed by atoms with E-state index >= 15 is 0 Å². The Morgan fingerprint density at radius 1 is 0.821 bits per heavy atom. The quantitative estimate of drug-likeness (QED) is 0.551. The van der Waals surface area contributed by atoms with Gasteiger partial charge in [0, 0.05) is 12.2 Å². The van der Waals surface area contributed by atoms with Gasteiger partial charge in [0.05, 0.1) is 14.2 Å². The van der Waals surface area contributed by atoms with Crippen molar-refractivity contribution in [1.82, 2.24) is 5.32 Å². The lowest BCUT2D eigenvalue weighted by Crippen LogP contribution is -2.27. The van der Waals surface area contributed by atoms with Gasteiger partial charge in [-0.1, -0.05) is 24.3 Å². The first-order valence-electron chi connectivity index (χ1n) is 8.76. The SMILES string of the molecule is COc1ccc(CNC(=S)Nc2ccc(Oc3ccccc3)cc2)cc1OC. The minimum absolute atomic E-state index is 0.534. The van der Waals surface area contributed by atoms with Gasteiger partial charge in [0.2, 0.25) is 0 Å². The lowest BCUT2D eigenvalue weighted by molar-refractivity contribution is 0.354. The molecule has 144 valence electrons. The second-order valence-electron chi connectivity index (χ2n) is 5.94. The van der Waals surface area contributed by atoms with Crippen LogP contribution in [-0.2, 0) is 6.54 Å². The van der Waals surface area contributed by atoms with E-state index in [1.54, 1.807) is 14.2 Å². The molecule has 0 saturated carbocycles. The molecule has 3 aromatic rings. The zero-order valence-electron chi connectivity index (χ0n) is 15.8. The molecule has 0 saturated heterocycles. The summed E-state index contributed by atoms with van der Waals surface area (Å²) in [5.41, 5.74) is 1.92. The van der Waals surface area contributed by atoms with Crippen molar-refractivity contribution in [2.75, 3.05) is 19.5 Å². The number of thiocarbonyl (C=S) groups is 1. The average Bonchev–Trinajstić information content (AvgIpc) is 2.74. The summed E-state index contributed by atoms with van der Waals surface area (Å²) in [6.45, 7) is 0.571. The van der Waals surface area contributed by atoms with Gasteiger partial charge >= 0.3 is 0 Å². The Morgan fingerprint density at radius 3 is 2.18 bits per heavy atom. The van der Waals surface area contributed by atoms with Gasteiger partial charge in [-0.15, -0.1) is 0 Å². The zero-order chi connectivity index (χ0) is 19.8. The number of hydrogen-bond acceptors (Lipinski definition) is 4. The van der Waals surface area contributed by atoms with E-state index in [4.69, 9.17) is 26.4 Å². The van der Waals surface area contributed by atoms with Crippen LogP contribution in [0.4, 0.5) is 5.69 Å². The Bertz CT molecular complexity index is 915. The number of ether oxygens (including phenoxy) is 3. The second-order valence-corrected chi connectivity index (χ2v) is 6.34. The normalized spacial score (nSPS) is 10.1. The van der Waals surface area contributed by atoms with Crippen LogP contribution in [0.3, 0.4) is 0 Å². The molecule has 0 bridgehead atoms. The highest BCUT2D eigenvalue weighted by molar-refractivity contribution is 7.80. The Hall–Kier alpha value is -3.25. The van der Waals surface area contributed by atoms with Crippen molar-refractivity contribution in [2.45, 2.75) is 6.54 Å². The summed E-state index contributed by atoms with van der Waals surface area (Å²) in [4.78, 5) is 0. The van der Waals surface area contributed by atoms with Crippen molar-refractivity contribution in [3.8, 4) is 23.0 Å². The fourth-order valence-corrected chi connectivity index (χ4v) is 2.77. The Labute approximate surface area is 170 Å². The van der Waals surface area contributed by atoms with E-state index in [2.05, 4.69) is 10.6 Å². The van der Waals surface area contributed by atoms with Crippen LogP contribution in [-0.4, -0.2) is 19.3 Å². The average molecular weight is 394 g/mol. The molecule has 28 heavy (non-hydrogen) atoms. The fourth-order valence-electron chi connectivity index (χ4n) is 2.58. The molecule has 0 aliphatic heterocycles. The molecule has 0 aromatic heterocycles. The number of benzene rings is 3. The van der Waals surface area contributed by atoms with Crippen molar-refractivity contribution >= 4 is 23.0 Å². The van der Waals surface area contributed by atoms with E-state index in [1.807, 2.05) is 72.8 Å². The predicted molar refractivity (Wildman–Crippen MR) is 116 cm³/mol. The molecule has 0 amide bonds. The summed E-state index contributed by atoms with van der Waals surface area (Å²) in [6.07, 6.45) is 0. The van der Waals surface area contributed by atoms with Crippen LogP contribution in [0, 0.1) is 0 Å². The van der Waals surface area contributed by atoms with Crippen molar-refractivity contribution in [3.63, 3.8) is 0 Å². The maximum absolute atomic E-state index is 5.79. The number of methoxy groups -OCH3 is 2. The van der Waals surface area contributed by atoms with Gasteiger partial charge in [0.25, 0.3) is 0 Å². The Balaban J connectivity index is 1.52. The van der Waals surface area contributed by atoms with Gasteiger partial charge in [-0.25, -0.2) is 0 Å². The molecule has 3 rings (SSSR count). The van der Waals surface area contributed by atoms with Crippen molar-refractivity contribution < 1.29 is 14.2 Å². The molecule has 0 atom stereocenters. The molecule has 0 aliphatic carbocycles. The molecule has 0 radical (unpaired) electrons. The monoisotopic (exact) mass is 394 g/mol.